The first kappa shape index (κ1) is 21.0. The van der Waals surface area contributed by atoms with Crippen LogP contribution < -0.4 is 25.1 Å². The molecule has 0 fully saturated rings. The second-order valence-corrected chi connectivity index (χ2v) is 6.75. The second kappa shape index (κ2) is 9.65. The molecule has 156 valence electrons. The number of nitrogens with one attached hydrogen (secondary N) is 2. The van der Waals surface area contributed by atoms with E-state index in [4.69, 9.17) is 14.2 Å². The highest BCUT2D eigenvalue weighted by Crippen LogP contribution is 2.27. The fourth-order valence-electron chi connectivity index (χ4n) is 2.80. The number of aryl methyl sites for hydroxylation is 1. The molecule has 1 unspecified atom stereocenters. The lowest BCUT2D eigenvalue weighted by molar-refractivity contribution is -0.133. The van der Waals surface area contributed by atoms with E-state index in [1.807, 2.05) is 49.4 Å². The van der Waals surface area contributed by atoms with Crippen LogP contribution in [-0.4, -0.2) is 31.6 Å². The Morgan fingerprint density at radius 2 is 1.70 bits per heavy atom. The number of hydrogen-bond donors (Lipinski definition) is 2. The molecule has 2 amide bonds. The average molecular weight is 408 g/mol. The summed E-state index contributed by atoms with van der Waals surface area (Å²) in [6, 6.07) is 18.8. The number of carbonyl (C=O) groups excluding carboxylic acids is 2. The SMILES string of the molecule is COc1cc(C)ccc1OCC(=O)NNC(=O)C(C)Oc1ccc2ccccc2c1. The lowest BCUT2D eigenvalue weighted by atomic mass is 10.1. The van der Waals surface area contributed by atoms with Gasteiger partial charge in [-0.2, -0.15) is 0 Å². The highest BCUT2D eigenvalue weighted by atomic mass is 16.5. The van der Waals surface area contributed by atoms with Crippen LogP contribution in [0.2, 0.25) is 0 Å². The number of hydrogen-bond acceptors (Lipinski definition) is 5. The first-order valence-corrected chi connectivity index (χ1v) is 9.48. The molecule has 0 aliphatic rings. The van der Waals surface area contributed by atoms with Gasteiger partial charge in [-0.05, 0) is 54.4 Å². The number of methoxy groups -OCH3 is 1. The summed E-state index contributed by atoms with van der Waals surface area (Å²) < 4.78 is 16.4. The Morgan fingerprint density at radius 1 is 0.933 bits per heavy atom. The molecule has 0 spiro atoms. The van der Waals surface area contributed by atoms with Gasteiger partial charge in [-0.1, -0.05) is 36.4 Å². The van der Waals surface area contributed by atoms with Gasteiger partial charge in [0.05, 0.1) is 7.11 Å². The molecule has 3 rings (SSSR count). The number of benzene rings is 3. The zero-order chi connectivity index (χ0) is 21.5. The Kier molecular flexibility index (Phi) is 6.75. The standard InChI is InChI=1S/C23H24N2O5/c1-15-8-11-20(21(12-15)28-3)29-14-22(26)24-25-23(27)16(2)30-19-10-9-17-6-4-5-7-18(17)13-19/h4-13,16H,14H2,1-3H3,(H,24,26)(H,25,27). The summed E-state index contributed by atoms with van der Waals surface area (Å²) in [5, 5.41) is 2.10. The Balaban J connectivity index is 1.47. The Bertz CT molecular complexity index is 1050. The maximum Gasteiger partial charge on any atom is 0.279 e. The van der Waals surface area contributed by atoms with Crippen LogP contribution in [0.5, 0.6) is 17.2 Å². The van der Waals surface area contributed by atoms with Crippen LogP contribution in [0, 0.1) is 6.92 Å². The van der Waals surface area contributed by atoms with E-state index in [9.17, 15) is 9.59 Å². The maximum absolute atomic E-state index is 12.2. The van der Waals surface area contributed by atoms with Gasteiger partial charge in [-0.3, -0.25) is 20.4 Å². The molecule has 7 nitrogen and oxygen atoms in total. The summed E-state index contributed by atoms with van der Waals surface area (Å²) in [7, 11) is 1.53. The fourth-order valence-corrected chi connectivity index (χ4v) is 2.80. The third kappa shape index (κ3) is 5.41. The maximum atomic E-state index is 12.2. The minimum Gasteiger partial charge on any atom is -0.493 e. The number of ether oxygens (including phenoxy) is 3. The van der Waals surface area contributed by atoms with Gasteiger partial charge in [0.1, 0.15) is 5.75 Å². The molecular weight excluding hydrogens is 384 g/mol. The van der Waals surface area contributed by atoms with Crippen molar-refractivity contribution in [3.8, 4) is 17.2 Å². The quantitative estimate of drug-likeness (QED) is 0.587. The highest BCUT2D eigenvalue weighted by Gasteiger charge is 2.16. The van der Waals surface area contributed by atoms with Crippen LogP contribution in [-0.2, 0) is 9.59 Å². The van der Waals surface area contributed by atoms with Crippen LogP contribution in [0.3, 0.4) is 0 Å². The van der Waals surface area contributed by atoms with E-state index in [1.54, 1.807) is 25.1 Å². The number of carbonyl (C=O) groups is 2. The summed E-state index contributed by atoms with van der Waals surface area (Å²) in [5.41, 5.74) is 5.66. The van der Waals surface area contributed by atoms with Crippen molar-refractivity contribution in [1.29, 1.82) is 0 Å². The first-order chi connectivity index (χ1) is 14.5. The Morgan fingerprint density at radius 3 is 2.47 bits per heavy atom. The monoisotopic (exact) mass is 408 g/mol. The van der Waals surface area contributed by atoms with Gasteiger partial charge >= 0.3 is 0 Å². The molecule has 0 saturated carbocycles. The molecule has 30 heavy (non-hydrogen) atoms. The first-order valence-electron chi connectivity index (χ1n) is 9.48. The molecule has 0 saturated heterocycles. The highest BCUT2D eigenvalue weighted by molar-refractivity contribution is 5.86. The number of rotatable bonds is 7. The number of amides is 2. The molecule has 0 heterocycles. The third-order valence-corrected chi connectivity index (χ3v) is 4.41. The molecule has 3 aromatic carbocycles. The van der Waals surface area contributed by atoms with Gasteiger partial charge < -0.3 is 14.2 Å². The van der Waals surface area contributed by atoms with E-state index in [2.05, 4.69) is 10.9 Å². The Labute approximate surface area is 174 Å². The van der Waals surface area contributed by atoms with E-state index in [-0.39, 0.29) is 6.61 Å². The average Bonchev–Trinajstić information content (AvgIpc) is 2.76. The third-order valence-electron chi connectivity index (χ3n) is 4.41. The minimum atomic E-state index is -0.801. The normalized spacial score (nSPS) is 11.4. The van der Waals surface area contributed by atoms with Gasteiger partial charge in [0.2, 0.25) is 0 Å². The number of fused-ring (bicyclic) bond motifs is 1. The van der Waals surface area contributed by atoms with Crippen LogP contribution in [0.4, 0.5) is 0 Å². The molecule has 0 radical (unpaired) electrons. The van der Waals surface area contributed by atoms with Crippen LogP contribution >= 0.6 is 0 Å². The van der Waals surface area contributed by atoms with Crippen molar-refractivity contribution in [3.05, 3.63) is 66.2 Å². The van der Waals surface area contributed by atoms with Gasteiger partial charge in [-0.25, -0.2) is 0 Å². The summed E-state index contributed by atoms with van der Waals surface area (Å²) in [6.45, 7) is 3.25. The Hall–Kier alpha value is -3.74. The van der Waals surface area contributed by atoms with Crippen LogP contribution in [0.1, 0.15) is 12.5 Å². The van der Waals surface area contributed by atoms with Crippen LogP contribution in [0.25, 0.3) is 10.8 Å². The molecule has 1 atom stereocenters. The van der Waals surface area contributed by atoms with Gasteiger partial charge in [0.15, 0.2) is 24.2 Å². The molecule has 0 aliphatic heterocycles. The predicted octanol–water partition coefficient (Wildman–Crippen LogP) is 3.15. The van der Waals surface area contributed by atoms with Crippen LogP contribution in [0.15, 0.2) is 60.7 Å². The zero-order valence-electron chi connectivity index (χ0n) is 17.1. The molecule has 0 aromatic heterocycles. The van der Waals surface area contributed by atoms with Gasteiger partial charge in [0.25, 0.3) is 11.8 Å². The zero-order valence-corrected chi connectivity index (χ0v) is 17.1. The van der Waals surface area contributed by atoms with Gasteiger partial charge in [-0.15, -0.1) is 0 Å². The molecular formula is C23H24N2O5. The molecule has 3 aromatic rings. The fraction of sp³-hybridized carbons (Fsp3) is 0.217. The van der Waals surface area contributed by atoms with E-state index in [1.165, 1.54) is 7.11 Å². The van der Waals surface area contributed by atoms with Gasteiger partial charge in [0, 0.05) is 0 Å². The number of hydrazine groups is 1. The second-order valence-electron chi connectivity index (χ2n) is 6.75. The van der Waals surface area contributed by atoms with Crippen molar-refractivity contribution in [2.75, 3.05) is 13.7 Å². The topological polar surface area (TPSA) is 85.9 Å². The van der Waals surface area contributed by atoms with Crippen molar-refractivity contribution in [2.24, 2.45) is 0 Å². The largest absolute Gasteiger partial charge is 0.493 e. The lowest BCUT2D eigenvalue weighted by Crippen LogP contribution is -2.48. The predicted molar refractivity (Wildman–Crippen MR) is 114 cm³/mol. The van der Waals surface area contributed by atoms with Crippen molar-refractivity contribution in [2.45, 2.75) is 20.0 Å². The van der Waals surface area contributed by atoms with Crippen molar-refractivity contribution in [3.63, 3.8) is 0 Å². The van der Waals surface area contributed by atoms with Crippen molar-refractivity contribution < 1.29 is 23.8 Å². The minimum absolute atomic E-state index is 0.278. The van der Waals surface area contributed by atoms with E-state index in [0.29, 0.717) is 17.2 Å². The molecule has 7 heteroatoms. The summed E-state index contributed by atoms with van der Waals surface area (Å²) >= 11 is 0. The summed E-state index contributed by atoms with van der Waals surface area (Å²) in [5.74, 6) is 0.549. The van der Waals surface area contributed by atoms with E-state index in [0.717, 1.165) is 16.3 Å². The summed E-state index contributed by atoms with van der Waals surface area (Å²) in [4.78, 5) is 24.2. The molecule has 0 aliphatic carbocycles. The summed E-state index contributed by atoms with van der Waals surface area (Å²) in [6.07, 6.45) is -0.801. The van der Waals surface area contributed by atoms with E-state index < -0.39 is 17.9 Å². The smallest absolute Gasteiger partial charge is 0.279 e. The van der Waals surface area contributed by atoms with Crippen molar-refractivity contribution in [1.82, 2.24) is 10.9 Å². The van der Waals surface area contributed by atoms with E-state index >= 15 is 0 Å². The lowest BCUT2D eigenvalue weighted by Gasteiger charge is -2.16. The van der Waals surface area contributed by atoms with Crippen molar-refractivity contribution >= 4 is 22.6 Å². The molecule has 2 N–H and O–H groups in total. The molecule has 0 bridgehead atoms.